The number of fused-ring (bicyclic) bond motifs is 1. The summed E-state index contributed by atoms with van der Waals surface area (Å²) in [6.45, 7) is 0. The number of benzene rings is 1. The van der Waals surface area contributed by atoms with Crippen LogP contribution in [-0.4, -0.2) is 31.0 Å². The van der Waals surface area contributed by atoms with Crippen LogP contribution in [0.1, 0.15) is 0 Å². The number of nitrogens with zero attached hydrogens (tertiary/aromatic N) is 3. The zero-order valence-electron chi connectivity index (χ0n) is 10.6. The summed E-state index contributed by atoms with van der Waals surface area (Å²) in [7, 11) is 0. The van der Waals surface area contributed by atoms with E-state index in [1.54, 1.807) is 0 Å². The maximum absolute atomic E-state index is 13.6. The number of nitrogens with one attached hydrogen (secondary N) is 1. The van der Waals surface area contributed by atoms with Crippen molar-refractivity contribution in [3.05, 3.63) is 45.2 Å². The highest BCUT2D eigenvalue weighted by Gasteiger charge is 2.11. The maximum atomic E-state index is 13.6. The second-order valence-electron chi connectivity index (χ2n) is 4.16. The van der Waals surface area contributed by atoms with Crippen molar-refractivity contribution < 1.29 is 19.0 Å². The topological polar surface area (TPSA) is 110 Å². The third-order valence-electron chi connectivity index (χ3n) is 2.72. The van der Waals surface area contributed by atoms with Crippen molar-refractivity contribution in [2.45, 2.75) is 0 Å². The predicted molar refractivity (Wildman–Crippen MR) is 75.8 cm³/mol. The molecule has 0 spiro atoms. The third kappa shape index (κ3) is 2.55. The second-order valence-corrected chi connectivity index (χ2v) is 5.02. The molecule has 0 fully saturated rings. The molecule has 0 aliphatic carbocycles. The molecule has 0 radical (unpaired) electrons. The molecule has 0 amide bonds. The number of aromatic amines is 1. The van der Waals surface area contributed by atoms with E-state index in [0.29, 0.717) is 0 Å². The van der Waals surface area contributed by atoms with E-state index in [2.05, 4.69) is 35.7 Å². The largest absolute Gasteiger partial charge is 0.511 e. The molecule has 2 N–H and O–H groups in total. The molecule has 0 aliphatic rings. The maximum Gasteiger partial charge on any atom is 0.511 e. The van der Waals surface area contributed by atoms with Crippen molar-refractivity contribution in [2.24, 2.45) is 0 Å². The minimum Gasteiger partial charge on any atom is -0.449 e. The molecule has 8 nitrogen and oxygen atoms in total. The van der Waals surface area contributed by atoms with Gasteiger partial charge in [-0.3, -0.25) is 9.78 Å². The zero-order chi connectivity index (χ0) is 15.9. The fourth-order valence-corrected chi connectivity index (χ4v) is 2.15. The fraction of sp³-hybridized carbons (Fsp3) is 0. The Hall–Kier alpha value is -2.75. The van der Waals surface area contributed by atoms with Gasteiger partial charge in [0.25, 0.3) is 5.56 Å². The lowest BCUT2D eigenvalue weighted by Crippen LogP contribution is -2.14. The molecule has 0 saturated heterocycles. The number of ether oxygens (including phenoxy) is 1. The smallest absolute Gasteiger partial charge is 0.449 e. The van der Waals surface area contributed by atoms with E-state index in [4.69, 9.17) is 5.11 Å². The van der Waals surface area contributed by atoms with Gasteiger partial charge in [-0.05, 0) is 22.0 Å². The molecular weight excluding hydrogens is 363 g/mol. The Balaban J connectivity index is 2.12. The summed E-state index contributed by atoms with van der Waals surface area (Å²) in [6, 6.07) is 2.43. The number of aromatic nitrogens is 4. The van der Waals surface area contributed by atoms with Crippen molar-refractivity contribution in [1.82, 2.24) is 19.7 Å². The minimum atomic E-state index is -1.49. The van der Waals surface area contributed by atoms with Crippen LogP contribution in [0, 0.1) is 5.82 Å². The quantitative estimate of drug-likeness (QED) is 0.670. The number of H-pyrrole nitrogens is 1. The number of hydrogen-bond donors (Lipinski definition) is 2. The van der Waals surface area contributed by atoms with Gasteiger partial charge in [-0.2, -0.15) is 5.10 Å². The van der Waals surface area contributed by atoms with Crippen LogP contribution in [0.4, 0.5) is 9.18 Å². The first-order chi connectivity index (χ1) is 10.4. The molecule has 0 aliphatic heterocycles. The summed E-state index contributed by atoms with van der Waals surface area (Å²) in [5, 5.41) is 12.5. The van der Waals surface area contributed by atoms with Crippen LogP contribution < -0.4 is 10.3 Å². The van der Waals surface area contributed by atoms with Gasteiger partial charge in [0, 0.05) is 6.07 Å². The van der Waals surface area contributed by atoms with Crippen molar-refractivity contribution in [3.63, 3.8) is 0 Å². The molecule has 2 aromatic heterocycles. The van der Waals surface area contributed by atoms with Crippen molar-refractivity contribution in [1.29, 1.82) is 0 Å². The van der Waals surface area contributed by atoms with E-state index >= 15 is 0 Å². The third-order valence-corrected chi connectivity index (χ3v) is 3.32. The van der Waals surface area contributed by atoms with Gasteiger partial charge in [-0.15, -0.1) is 0 Å². The van der Waals surface area contributed by atoms with E-state index in [-0.39, 0.29) is 27.1 Å². The van der Waals surface area contributed by atoms with Crippen LogP contribution in [-0.2, 0) is 0 Å². The lowest BCUT2D eigenvalue weighted by atomic mass is 10.2. The van der Waals surface area contributed by atoms with Crippen molar-refractivity contribution in [3.8, 4) is 11.7 Å². The van der Waals surface area contributed by atoms with Gasteiger partial charge in [0.2, 0.25) is 5.95 Å². The van der Waals surface area contributed by atoms with Gasteiger partial charge in [0.15, 0.2) is 5.75 Å². The van der Waals surface area contributed by atoms with E-state index in [1.807, 2.05) is 0 Å². The van der Waals surface area contributed by atoms with Gasteiger partial charge in [-0.25, -0.2) is 18.9 Å². The molecule has 112 valence electrons. The number of hydrogen-bond acceptors (Lipinski definition) is 5. The number of carboxylic acid groups (broad SMARTS) is 1. The van der Waals surface area contributed by atoms with Gasteiger partial charge in [-0.1, -0.05) is 0 Å². The molecule has 0 saturated carbocycles. The molecule has 1 aromatic carbocycles. The van der Waals surface area contributed by atoms with E-state index in [9.17, 15) is 14.0 Å². The Bertz CT molecular complexity index is 952. The minimum absolute atomic E-state index is 0.000499. The molecule has 0 atom stereocenters. The highest BCUT2D eigenvalue weighted by Crippen LogP contribution is 2.20. The Morgan fingerprint density at radius 3 is 2.95 bits per heavy atom. The summed E-state index contributed by atoms with van der Waals surface area (Å²) < 4.78 is 19.2. The molecule has 3 rings (SSSR count). The van der Waals surface area contributed by atoms with Crippen LogP contribution in [0.3, 0.4) is 0 Å². The summed E-state index contributed by atoms with van der Waals surface area (Å²) >= 11 is 2.99. The molecule has 2 heterocycles. The first kappa shape index (κ1) is 14.2. The Morgan fingerprint density at radius 1 is 1.45 bits per heavy atom. The molecule has 0 bridgehead atoms. The molecule has 10 heteroatoms. The van der Waals surface area contributed by atoms with Crippen LogP contribution in [0.2, 0.25) is 0 Å². The van der Waals surface area contributed by atoms with Gasteiger partial charge in [0.05, 0.1) is 27.8 Å². The van der Waals surface area contributed by atoms with Gasteiger partial charge < -0.3 is 9.84 Å². The SMILES string of the molecule is O=C(O)Oc1cnn(-c2nc3cc(F)c(Br)cc3c(=O)[nH]2)c1. The van der Waals surface area contributed by atoms with E-state index in [1.165, 1.54) is 12.3 Å². The average molecular weight is 369 g/mol. The number of halogens is 2. The standard InChI is InChI=1S/C12H6BrFN4O4/c13-7-1-6-9(2-8(7)14)16-11(17-10(6)19)18-4-5(3-15-18)22-12(20)21/h1-4H,(H,20,21)(H,16,17,19). The lowest BCUT2D eigenvalue weighted by Gasteiger charge is -2.03. The normalized spacial score (nSPS) is 10.8. The predicted octanol–water partition coefficient (Wildman–Crippen LogP) is 2.07. The zero-order valence-corrected chi connectivity index (χ0v) is 12.2. The molecule has 3 aromatic rings. The molecular formula is C12H6BrFN4O4. The molecule has 0 unspecified atom stereocenters. The highest BCUT2D eigenvalue weighted by atomic mass is 79.9. The summed E-state index contributed by atoms with van der Waals surface area (Å²) in [5.41, 5.74) is -0.354. The van der Waals surface area contributed by atoms with E-state index < -0.39 is 17.5 Å². The number of carbonyl (C=O) groups is 1. The average Bonchev–Trinajstić information content (AvgIpc) is 2.88. The van der Waals surface area contributed by atoms with Crippen LogP contribution in [0.15, 0.2) is 33.8 Å². The summed E-state index contributed by atoms with van der Waals surface area (Å²) in [4.78, 5) is 29.0. The Kier molecular flexibility index (Phi) is 3.37. The van der Waals surface area contributed by atoms with E-state index in [0.717, 1.165) is 16.9 Å². The fourth-order valence-electron chi connectivity index (χ4n) is 1.81. The second kappa shape index (κ2) is 5.22. The van der Waals surface area contributed by atoms with Crippen molar-refractivity contribution >= 4 is 33.0 Å². The Labute approximate surface area is 129 Å². The molecule has 22 heavy (non-hydrogen) atoms. The van der Waals surface area contributed by atoms with Crippen molar-refractivity contribution in [2.75, 3.05) is 0 Å². The van der Waals surface area contributed by atoms with Crippen LogP contribution in [0.25, 0.3) is 16.9 Å². The first-order valence-corrected chi connectivity index (χ1v) is 6.58. The summed E-state index contributed by atoms with van der Waals surface area (Å²) in [5.74, 6) is -0.608. The number of rotatable bonds is 2. The lowest BCUT2D eigenvalue weighted by molar-refractivity contribution is 0.144. The van der Waals surface area contributed by atoms with Crippen LogP contribution >= 0.6 is 15.9 Å². The van der Waals surface area contributed by atoms with Gasteiger partial charge >= 0.3 is 6.16 Å². The highest BCUT2D eigenvalue weighted by molar-refractivity contribution is 9.10. The Morgan fingerprint density at radius 2 is 2.23 bits per heavy atom. The first-order valence-electron chi connectivity index (χ1n) is 5.79. The summed E-state index contributed by atoms with van der Waals surface area (Å²) in [6.07, 6.45) is 0.861. The van der Waals surface area contributed by atoms with Crippen LogP contribution in [0.5, 0.6) is 5.75 Å². The monoisotopic (exact) mass is 368 g/mol. The van der Waals surface area contributed by atoms with Gasteiger partial charge in [0.1, 0.15) is 5.82 Å².